The molecule has 7 heteroatoms. The van der Waals surface area contributed by atoms with Gasteiger partial charge in [0.2, 0.25) is 5.91 Å². The first kappa shape index (κ1) is 16.4. The zero-order chi connectivity index (χ0) is 15.8. The van der Waals surface area contributed by atoms with Gasteiger partial charge in [-0.3, -0.25) is 4.79 Å². The van der Waals surface area contributed by atoms with E-state index in [9.17, 15) is 14.0 Å². The number of urea groups is 1. The Kier molecular flexibility index (Phi) is 6.14. The maximum Gasteiger partial charge on any atom is 0.319 e. The Hall–Kier alpha value is -2.62. The molecule has 0 bridgehead atoms. The molecule has 0 unspecified atom stereocenters. The minimum absolute atomic E-state index is 0.00985. The number of hydrogen-bond acceptors (Lipinski definition) is 3. The number of rotatable bonds is 5. The van der Waals surface area contributed by atoms with Gasteiger partial charge < -0.3 is 16.0 Å². The maximum atomic E-state index is 13.5. The average molecular weight is 292 g/mol. The van der Waals surface area contributed by atoms with Crippen molar-refractivity contribution in [2.75, 3.05) is 10.6 Å². The zero-order valence-corrected chi connectivity index (χ0v) is 11.9. The van der Waals surface area contributed by atoms with Gasteiger partial charge in [-0.05, 0) is 24.6 Å². The maximum absolute atomic E-state index is 13.5. The van der Waals surface area contributed by atoms with Gasteiger partial charge in [0.05, 0.1) is 18.2 Å². The van der Waals surface area contributed by atoms with Crippen LogP contribution in [0.15, 0.2) is 18.2 Å². The number of anilines is 2. The van der Waals surface area contributed by atoms with Gasteiger partial charge in [-0.2, -0.15) is 5.26 Å². The van der Waals surface area contributed by atoms with Crippen molar-refractivity contribution in [2.45, 2.75) is 32.7 Å². The number of carbonyl (C=O) groups excluding carboxylic acids is 2. The number of amides is 3. The summed E-state index contributed by atoms with van der Waals surface area (Å²) in [6.45, 7) is 3.12. The van der Waals surface area contributed by atoms with E-state index in [1.807, 2.05) is 13.0 Å². The summed E-state index contributed by atoms with van der Waals surface area (Å²) in [6.07, 6.45) is 0.839. The molecule has 3 amide bonds. The van der Waals surface area contributed by atoms with E-state index in [4.69, 9.17) is 5.26 Å². The quantitative estimate of drug-likeness (QED) is 0.778. The molecule has 6 nitrogen and oxygen atoms in total. The van der Waals surface area contributed by atoms with Crippen molar-refractivity contribution in [2.24, 2.45) is 0 Å². The molecule has 0 spiro atoms. The predicted molar refractivity (Wildman–Crippen MR) is 77.2 cm³/mol. The van der Waals surface area contributed by atoms with Crippen LogP contribution in [-0.2, 0) is 4.79 Å². The molecule has 0 radical (unpaired) electrons. The molecule has 0 heterocycles. The molecule has 0 aliphatic heterocycles. The first-order chi connectivity index (χ1) is 9.96. The smallest absolute Gasteiger partial charge is 0.319 e. The number of carbonyl (C=O) groups is 2. The number of nitrogens with one attached hydrogen (secondary N) is 3. The van der Waals surface area contributed by atoms with Crippen molar-refractivity contribution < 1.29 is 14.0 Å². The summed E-state index contributed by atoms with van der Waals surface area (Å²) in [4.78, 5) is 22.7. The minimum Gasteiger partial charge on any atom is -0.334 e. The van der Waals surface area contributed by atoms with E-state index in [0.29, 0.717) is 12.1 Å². The number of benzene rings is 1. The van der Waals surface area contributed by atoms with Crippen LogP contribution in [0.4, 0.5) is 20.6 Å². The van der Waals surface area contributed by atoms with E-state index in [2.05, 4.69) is 16.0 Å². The molecule has 1 aromatic carbocycles. The largest absolute Gasteiger partial charge is 0.334 e. The van der Waals surface area contributed by atoms with Crippen LogP contribution in [0, 0.1) is 17.1 Å². The highest BCUT2D eigenvalue weighted by Gasteiger charge is 2.11. The SMILES string of the molecule is CC[C@@H](CC#N)NC(=O)Nc1ccc(F)c(NC(C)=O)c1. The second-order valence-electron chi connectivity index (χ2n) is 4.44. The standard InChI is InChI=1S/C14H17FN4O2/c1-3-10(6-7-16)18-14(21)19-11-4-5-12(15)13(8-11)17-9(2)20/h4-5,8,10H,3,6H2,1-2H3,(H,17,20)(H2,18,19,21)/t10-/m0/s1. The molecular weight excluding hydrogens is 275 g/mol. The Balaban J connectivity index is 2.72. The molecule has 0 aliphatic carbocycles. The van der Waals surface area contributed by atoms with Crippen molar-refractivity contribution in [3.05, 3.63) is 24.0 Å². The van der Waals surface area contributed by atoms with Crippen molar-refractivity contribution in [1.82, 2.24) is 5.32 Å². The summed E-state index contributed by atoms with van der Waals surface area (Å²) in [7, 11) is 0. The van der Waals surface area contributed by atoms with Gasteiger partial charge in [0.15, 0.2) is 0 Å². The fraction of sp³-hybridized carbons (Fsp3) is 0.357. The van der Waals surface area contributed by atoms with Crippen LogP contribution in [-0.4, -0.2) is 18.0 Å². The lowest BCUT2D eigenvalue weighted by molar-refractivity contribution is -0.114. The summed E-state index contributed by atoms with van der Waals surface area (Å²) in [5.74, 6) is -0.998. The Labute approximate surface area is 122 Å². The molecule has 0 fully saturated rings. The van der Waals surface area contributed by atoms with Crippen LogP contribution >= 0.6 is 0 Å². The molecular formula is C14H17FN4O2. The second-order valence-corrected chi connectivity index (χ2v) is 4.44. The first-order valence-electron chi connectivity index (χ1n) is 6.47. The topological polar surface area (TPSA) is 94.0 Å². The van der Waals surface area contributed by atoms with E-state index >= 15 is 0 Å². The van der Waals surface area contributed by atoms with Crippen LogP contribution in [0.3, 0.4) is 0 Å². The Morgan fingerprint density at radius 2 is 2.10 bits per heavy atom. The monoisotopic (exact) mass is 292 g/mol. The lowest BCUT2D eigenvalue weighted by Crippen LogP contribution is -2.37. The molecule has 0 aliphatic rings. The van der Waals surface area contributed by atoms with Gasteiger partial charge in [0.1, 0.15) is 5.82 Å². The molecule has 0 saturated heterocycles. The molecule has 21 heavy (non-hydrogen) atoms. The van der Waals surface area contributed by atoms with E-state index < -0.39 is 17.8 Å². The lowest BCUT2D eigenvalue weighted by atomic mass is 10.2. The highest BCUT2D eigenvalue weighted by atomic mass is 19.1. The molecule has 0 saturated carbocycles. The van der Waals surface area contributed by atoms with Gasteiger partial charge in [0, 0.05) is 18.7 Å². The minimum atomic E-state index is -0.591. The number of nitriles is 1. The van der Waals surface area contributed by atoms with Gasteiger partial charge in [-0.1, -0.05) is 6.92 Å². The molecule has 0 aromatic heterocycles. The molecule has 3 N–H and O–H groups in total. The number of halogens is 1. The van der Waals surface area contributed by atoms with Crippen molar-refractivity contribution in [3.63, 3.8) is 0 Å². The molecule has 112 valence electrons. The number of nitrogens with zero attached hydrogens (tertiary/aromatic N) is 1. The van der Waals surface area contributed by atoms with Crippen LogP contribution in [0.25, 0.3) is 0 Å². The number of hydrogen-bond donors (Lipinski definition) is 3. The third-order valence-corrected chi connectivity index (χ3v) is 2.70. The van der Waals surface area contributed by atoms with E-state index in [1.165, 1.54) is 19.1 Å². The first-order valence-corrected chi connectivity index (χ1v) is 6.47. The predicted octanol–water partition coefficient (Wildman–Crippen LogP) is 2.60. The summed E-state index contributed by atoms with van der Waals surface area (Å²) in [5, 5.41) is 16.1. The van der Waals surface area contributed by atoms with Crippen LogP contribution < -0.4 is 16.0 Å². The summed E-state index contributed by atoms with van der Waals surface area (Å²) >= 11 is 0. The van der Waals surface area contributed by atoms with E-state index in [-0.39, 0.29) is 18.2 Å². The van der Waals surface area contributed by atoms with Gasteiger partial charge in [-0.25, -0.2) is 9.18 Å². The second kappa shape index (κ2) is 7.85. The van der Waals surface area contributed by atoms with Crippen LogP contribution in [0.1, 0.15) is 26.7 Å². The Morgan fingerprint density at radius 3 is 2.67 bits per heavy atom. The summed E-state index contributed by atoms with van der Waals surface area (Å²) < 4.78 is 13.5. The third-order valence-electron chi connectivity index (χ3n) is 2.70. The fourth-order valence-corrected chi connectivity index (χ4v) is 1.65. The van der Waals surface area contributed by atoms with Crippen LogP contribution in [0.2, 0.25) is 0 Å². The average Bonchev–Trinajstić information content (AvgIpc) is 2.41. The van der Waals surface area contributed by atoms with Crippen molar-refractivity contribution in [3.8, 4) is 6.07 Å². The third kappa shape index (κ3) is 5.48. The summed E-state index contributed by atoms with van der Waals surface area (Å²) in [5.41, 5.74) is 0.328. The van der Waals surface area contributed by atoms with E-state index in [0.717, 1.165) is 6.07 Å². The van der Waals surface area contributed by atoms with E-state index in [1.54, 1.807) is 0 Å². The van der Waals surface area contributed by atoms with Gasteiger partial charge in [-0.15, -0.1) is 0 Å². The molecule has 1 rings (SSSR count). The molecule has 1 aromatic rings. The van der Waals surface area contributed by atoms with Gasteiger partial charge >= 0.3 is 6.03 Å². The highest BCUT2D eigenvalue weighted by Crippen LogP contribution is 2.19. The van der Waals surface area contributed by atoms with Crippen LogP contribution in [0.5, 0.6) is 0 Å². The Morgan fingerprint density at radius 1 is 1.38 bits per heavy atom. The zero-order valence-electron chi connectivity index (χ0n) is 11.9. The lowest BCUT2D eigenvalue weighted by Gasteiger charge is -2.15. The normalized spacial score (nSPS) is 11.1. The van der Waals surface area contributed by atoms with Gasteiger partial charge in [0.25, 0.3) is 0 Å². The highest BCUT2D eigenvalue weighted by molar-refractivity contribution is 5.92. The van der Waals surface area contributed by atoms with Crippen molar-refractivity contribution in [1.29, 1.82) is 5.26 Å². The summed E-state index contributed by atoms with van der Waals surface area (Å²) in [6, 6.07) is 5.10. The molecule has 1 atom stereocenters. The van der Waals surface area contributed by atoms with Crippen molar-refractivity contribution >= 4 is 23.3 Å². The fourth-order valence-electron chi connectivity index (χ4n) is 1.65. The Bertz CT molecular complexity index is 569.